The Morgan fingerprint density at radius 3 is 2.45 bits per heavy atom. The first-order chi connectivity index (χ1) is 10.5. The number of benzene rings is 1. The van der Waals surface area contributed by atoms with E-state index in [1.165, 1.54) is 12.8 Å². The van der Waals surface area contributed by atoms with Gasteiger partial charge in [0.2, 0.25) is 5.91 Å². The molecule has 2 rings (SSSR count). The van der Waals surface area contributed by atoms with Gasteiger partial charge >= 0.3 is 0 Å². The number of hydrogen-bond donors (Lipinski definition) is 1. The number of ketones is 1. The van der Waals surface area contributed by atoms with Gasteiger partial charge in [-0.1, -0.05) is 56.5 Å². The Morgan fingerprint density at radius 2 is 1.77 bits per heavy atom. The van der Waals surface area contributed by atoms with Crippen LogP contribution in [0, 0.1) is 18.8 Å². The first kappa shape index (κ1) is 16.7. The second-order valence-corrected chi connectivity index (χ2v) is 6.73. The van der Waals surface area contributed by atoms with Gasteiger partial charge in [0.05, 0.1) is 0 Å². The maximum atomic E-state index is 12.1. The highest BCUT2D eigenvalue weighted by Gasteiger charge is 2.28. The molecule has 1 fully saturated rings. The van der Waals surface area contributed by atoms with Crippen molar-refractivity contribution in [2.24, 2.45) is 11.8 Å². The summed E-state index contributed by atoms with van der Waals surface area (Å²) in [5.74, 6) is 1.23. The van der Waals surface area contributed by atoms with E-state index in [0.717, 1.165) is 12.0 Å². The highest BCUT2D eigenvalue weighted by atomic mass is 16.2. The van der Waals surface area contributed by atoms with Crippen molar-refractivity contribution in [3.05, 3.63) is 35.4 Å². The average molecular weight is 301 g/mol. The summed E-state index contributed by atoms with van der Waals surface area (Å²) in [5.41, 5.74) is 1.83. The van der Waals surface area contributed by atoms with Crippen molar-refractivity contribution in [3.63, 3.8) is 0 Å². The number of Topliss-reactive ketones (excluding diaryl/α,β-unsaturated/α-hetero) is 1. The molecule has 1 amide bonds. The lowest BCUT2D eigenvalue weighted by Gasteiger charge is -2.34. The standard InChI is InChI=1S/C19H27NO2/c1-13-7-9-16(10-8-13)18(21)11-12-19(22)20-17-6-4-5-14(2)15(17)3/h7-10,14-15,17H,4-6,11-12H2,1-3H3,(H,20,22)/t14-,15-,17-/m1/s1. The monoisotopic (exact) mass is 301 g/mol. The van der Waals surface area contributed by atoms with Crippen LogP contribution >= 0.6 is 0 Å². The topological polar surface area (TPSA) is 46.2 Å². The van der Waals surface area contributed by atoms with Crippen molar-refractivity contribution in [3.8, 4) is 0 Å². The van der Waals surface area contributed by atoms with Gasteiger partial charge in [-0.3, -0.25) is 9.59 Å². The summed E-state index contributed by atoms with van der Waals surface area (Å²) >= 11 is 0. The van der Waals surface area contributed by atoms with Gasteiger partial charge in [0.1, 0.15) is 0 Å². The number of aryl methyl sites for hydroxylation is 1. The fourth-order valence-electron chi connectivity index (χ4n) is 3.18. The van der Waals surface area contributed by atoms with Crippen molar-refractivity contribution in [2.75, 3.05) is 0 Å². The Labute approximate surface area is 133 Å². The van der Waals surface area contributed by atoms with Crippen LogP contribution in [0.2, 0.25) is 0 Å². The van der Waals surface area contributed by atoms with Crippen molar-refractivity contribution in [2.45, 2.75) is 58.9 Å². The molecule has 22 heavy (non-hydrogen) atoms. The molecule has 1 aromatic rings. The summed E-state index contributed by atoms with van der Waals surface area (Å²) < 4.78 is 0. The first-order valence-electron chi connectivity index (χ1n) is 8.36. The Balaban J connectivity index is 1.80. The predicted molar refractivity (Wildman–Crippen MR) is 88.9 cm³/mol. The highest BCUT2D eigenvalue weighted by molar-refractivity contribution is 5.97. The van der Waals surface area contributed by atoms with Gasteiger partial charge in [-0.25, -0.2) is 0 Å². The minimum Gasteiger partial charge on any atom is -0.353 e. The molecule has 0 bridgehead atoms. The molecular weight excluding hydrogens is 274 g/mol. The van der Waals surface area contributed by atoms with E-state index in [2.05, 4.69) is 19.2 Å². The number of amides is 1. The first-order valence-corrected chi connectivity index (χ1v) is 8.36. The molecule has 1 saturated carbocycles. The molecule has 3 heteroatoms. The second-order valence-electron chi connectivity index (χ2n) is 6.73. The molecule has 120 valence electrons. The Bertz CT molecular complexity index is 521. The smallest absolute Gasteiger partial charge is 0.220 e. The van der Waals surface area contributed by atoms with E-state index < -0.39 is 0 Å². The van der Waals surface area contributed by atoms with Crippen LogP contribution in [0.1, 0.15) is 61.9 Å². The van der Waals surface area contributed by atoms with Gasteiger partial charge < -0.3 is 5.32 Å². The summed E-state index contributed by atoms with van der Waals surface area (Å²) in [4.78, 5) is 24.2. The summed E-state index contributed by atoms with van der Waals surface area (Å²) in [6.45, 7) is 6.46. The zero-order chi connectivity index (χ0) is 16.1. The maximum absolute atomic E-state index is 12.1. The summed E-state index contributed by atoms with van der Waals surface area (Å²) in [6.07, 6.45) is 4.05. The highest BCUT2D eigenvalue weighted by Crippen LogP contribution is 2.29. The third-order valence-electron chi connectivity index (χ3n) is 5.01. The number of carbonyl (C=O) groups excluding carboxylic acids is 2. The van der Waals surface area contributed by atoms with Crippen LogP contribution < -0.4 is 5.32 Å². The van der Waals surface area contributed by atoms with Crippen LogP contribution in [0.5, 0.6) is 0 Å². The molecule has 1 aromatic carbocycles. The van der Waals surface area contributed by atoms with E-state index in [1.54, 1.807) is 0 Å². The molecule has 1 aliphatic carbocycles. The van der Waals surface area contributed by atoms with Crippen LogP contribution in [0.25, 0.3) is 0 Å². The fraction of sp³-hybridized carbons (Fsp3) is 0.579. The quantitative estimate of drug-likeness (QED) is 0.838. The lowest BCUT2D eigenvalue weighted by molar-refractivity contribution is -0.122. The summed E-state index contributed by atoms with van der Waals surface area (Å²) in [5, 5.41) is 3.12. The molecule has 0 saturated heterocycles. The SMILES string of the molecule is Cc1ccc(C(=O)CCC(=O)N[C@@H]2CCC[C@@H](C)[C@H]2C)cc1. The summed E-state index contributed by atoms with van der Waals surface area (Å²) in [7, 11) is 0. The molecule has 3 nitrogen and oxygen atoms in total. The van der Waals surface area contributed by atoms with Gasteiger partial charge in [-0.2, -0.15) is 0 Å². The minimum atomic E-state index is 0.00594. The summed E-state index contributed by atoms with van der Waals surface area (Å²) in [6, 6.07) is 7.79. The van der Waals surface area contributed by atoms with Gasteiger partial charge in [0.15, 0.2) is 5.78 Å². The molecule has 0 radical (unpaired) electrons. The Morgan fingerprint density at radius 1 is 1.09 bits per heavy atom. The van der Waals surface area contributed by atoms with Crippen molar-refractivity contribution in [1.82, 2.24) is 5.32 Å². The lowest BCUT2D eigenvalue weighted by Crippen LogP contribution is -2.43. The zero-order valence-corrected chi connectivity index (χ0v) is 13.9. The van der Waals surface area contributed by atoms with Gasteiger partial charge in [-0.15, -0.1) is 0 Å². The zero-order valence-electron chi connectivity index (χ0n) is 13.9. The molecule has 0 heterocycles. The van der Waals surface area contributed by atoms with Crippen LogP contribution in [0.4, 0.5) is 0 Å². The van der Waals surface area contributed by atoms with Gasteiger partial charge in [0, 0.05) is 24.4 Å². The molecule has 1 N–H and O–H groups in total. The third kappa shape index (κ3) is 4.43. The van der Waals surface area contributed by atoms with Crippen LogP contribution in [-0.4, -0.2) is 17.7 Å². The van der Waals surface area contributed by atoms with E-state index in [-0.39, 0.29) is 30.6 Å². The van der Waals surface area contributed by atoms with E-state index >= 15 is 0 Å². The molecular formula is C19H27NO2. The molecule has 0 unspecified atom stereocenters. The Kier molecular flexibility index (Phi) is 5.76. The lowest BCUT2D eigenvalue weighted by atomic mass is 9.78. The van der Waals surface area contributed by atoms with Crippen molar-refractivity contribution >= 4 is 11.7 Å². The van der Waals surface area contributed by atoms with Gasteiger partial charge in [0.25, 0.3) is 0 Å². The van der Waals surface area contributed by atoms with Crippen LogP contribution in [0.3, 0.4) is 0 Å². The average Bonchev–Trinajstić information content (AvgIpc) is 2.50. The maximum Gasteiger partial charge on any atom is 0.220 e. The van der Waals surface area contributed by atoms with Crippen molar-refractivity contribution in [1.29, 1.82) is 0 Å². The second kappa shape index (κ2) is 7.57. The molecule has 0 spiro atoms. The number of carbonyl (C=O) groups is 2. The predicted octanol–water partition coefficient (Wildman–Crippen LogP) is 3.90. The van der Waals surface area contributed by atoms with E-state index in [9.17, 15) is 9.59 Å². The normalized spacial score (nSPS) is 24.8. The molecule has 0 aromatic heterocycles. The fourth-order valence-corrected chi connectivity index (χ4v) is 3.18. The largest absolute Gasteiger partial charge is 0.353 e. The number of hydrogen-bond acceptors (Lipinski definition) is 2. The minimum absolute atomic E-state index is 0.00594. The molecule has 1 aliphatic rings. The van der Waals surface area contributed by atoms with Gasteiger partial charge in [-0.05, 0) is 25.2 Å². The van der Waals surface area contributed by atoms with E-state index in [4.69, 9.17) is 0 Å². The number of rotatable bonds is 5. The Hall–Kier alpha value is -1.64. The molecule has 3 atom stereocenters. The van der Waals surface area contributed by atoms with E-state index in [0.29, 0.717) is 17.4 Å². The van der Waals surface area contributed by atoms with Crippen molar-refractivity contribution < 1.29 is 9.59 Å². The van der Waals surface area contributed by atoms with E-state index in [1.807, 2.05) is 31.2 Å². The van der Waals surface area contributed by atoms with Crippen LogP contribution in [-0.2, 0) is 4.79 Å². The molecule has 0 aliphatic heterocycles. The number of nitrogens with one attached hydrogen (secondary N) is 1. The van der Waals surface area contributed by atoms with Crippen LogP contribution in [0.15, 0.2) is 24.3 Å². The third-order valence-corrected chi connectivity index (χ3v) is 5.01.